The van der Waals surface area contributed by atoms with Crippen molar-refractivity contribution in [2.24, 2.45) is 0 Å². The third-order valence-electron chi connectivity index (χ3n) is 2.48. The molecule has 0 radical (unpaired) electrons. The van der Waals surface area contributed by atoms with Crippen LogP contribution in [-0.4, -0.2) is 19.1 Å². The molecule has 0 spiro atoms. The number of nitrogens with one attached hydrogen (secondary N) is 1. The van der Waals surface area contributed by atoms with Gasteiger partial charge in [0.05, 0.1) is 7.11 Å². The molecule has 0 bridgehead atoms. The topological polar surface area (TPSA) is 38.3 Å². The highest BCUT2D eigenvalue weighted by Gasteiger charge is 2.23. The van der Waals surface area contributed by atoms with Gasteiger partial charge in [0, 0.05) is 6.04 Å². The first-order chi connectivity index (χ1) is 7.95. The van der Waals surface area contributed by atoms with Crippen LogP contribution in [0.15, 0.2) is 18.2 Å². The highest BCUT2D eigenvalue weighted by Crippen LogP contribution is 2.20. The molecule has 0 heterocycles. The van der Waals surface area contributed by atoms with Gasteiger partial charge in [0.1, 0.15) is 11.9 Å². The number of methoxy groups -OCH3 is 1. The van der Waals surface area contributed by atoms with E-state index in [9.17, 15) is 9.18 Å². The Morgan fingerprint density at radius 2 is 2.06 bits per heavy atom. The van der Waals surface area contributed by atoms with Crippen LogP contribution < -0.4 is 5.32 Å². The van der Waals surface area contributed by atoms with E-state index in [2.05, 4.69) is 5.32 Å². The molecule has 0 aromatic heterocycles. The minimum Gasteiger partial charge on any atom is -0.468 e. The number of hydrogen-bond donors (Lipinski definition) is 1. The fraction of sp³-hybridized carbons (Fsp3) is 0.462. The molecule has 0 amide bonds. The number of ether oxygens (including phenoxy) is 1. The monoisotopic (exact) mass is 239 g/mol. The number of esters is 1. The number of aryl methyl sites for hydroxylation is 1. The standard InChI is InChI=1S/C13H18FNO2/c1-8(2)15-12(13(16)17-4)11-6-5-10(14)7-9(11)3/h5-8,12,15H,1-4H3. The Balaban J connectivity index is 3.08. The van der Waals surface area contributed by atoms with E-state index in [4.69, 9.17) is 4.74 Å². The molecule has 94 valence electrons. The fourth-order valence-electron chi connectivity index (χ4n) is 1.70. The quantitative estimate of drug-likeness (QED) is 0.820. The van der Waals surface area contributed by atoms with Gasteiger partial charge < -0.3 is 4.74 Å². The summed E-state index contributed by atoms with van der Waals surface area (Å²) >= 11 is 0. The number of hydrogen-bond acceptors (Lipinski definition) is 3. The molecule has 0 aliphatic carbocycles. The van der Waals surface area contributed by atoms with Crippen molar-refractivity contribution in [3.63, 3.8) is 0 Å². The number of carbonyl (C=O) groups is 1. The summed E-state index contributed by atoms with van der Waals surface area (Å²) in [5.74, 6) is -0.673. The molecule has 0 saturated carbocycles. The highest BCUT2D eigenvalue weighted by molar-refractivity contribution is 5.78. The average Bonchev–Trinajstić information content (AvgIpc) is 2.25. The first kappa shape index (κ1) is 13.6. The lowest BCUT2D eigenvalue weighted by Gasteiger charge is -2.21. The molecule has 4 heteroatoms. The van der Waals surface area contributed by atoms with Gasteiger partial charge in [0.25, 0.3) is 0 Å². The predicted molar refractivity (Wildman–Crippen MR) is 64.2 cm³/mol. The predicted octanol–water partition coefficient (Wildman–Crippen LogP) is 2.35. The van der Waals surface area contributed by atoms with Gasteiger partial charge >= 0.3 is 5.97 Å². The van der Waals surface area contributed by atoms with Crippen LogP contribution in [0.4, 0.5) is 4.39 Å². The molecule has 1 unspecified atom stereocenters. The summed E-state index contributed by atoms with van der Waals surface area (Å²) in [5, 5.41) is 3.11. The molecule has 1 rings (SSSR count). The fourth-order valence-corrected chi connectivity index (χ4v) is 1.70. The largest absolute Gasteiger partial charge is 0.468 e. The molecule has 1 N–H and O–H groups in total. The normalized spacial score (nSPS) is 12.6. The second-order valence-corrected chi connectivity index (χ2v) is 4.28. The van der Waals surface area contributed by atoms with E-state index in [-0.39, 0.29) is 17.8 Å². The number of carbonyl (C=O) groups excluding carboxylic acids is 1. The minimum absolute atomic E-state index is 0.128. The highest BCUT2D eigenvalue weighted by atomic mass is 19.1. The molecule has 1 atom stereocenters. The van der Waals surface area contributed by atoms with Crippen LogP contribution in [-0.2, 0) is 9.53 Å². The van der Waals surface area contributed by atoms with Crippen LogP contribution in [0, 0.1) is 12.7 Å². The van der Waals surface area contributed by atoms with Gasteiger partial charge in [-0.2, -0.15) is 0 Å². The van der Waals surface area contributed by atoms with Gasteiger partial charge in [-0.15, -0.1) is 0 Å². The van der Waals surface area contributed by atoms with Crippen LogP contribution >= 0.6 is 0 Å². The summed E-state index contributed by atoms with van der Waals surface area (Å²) in [4.78, 5) is 11.7. The summed E-state index contributed by atoms with van der Waals surface area (Å²) in [5.41, 5.74) is 1.47. The first-order valence-corrected chi connectivity index (χ1v) is 5.55. The van der Waals surface area contributed by atoms with Crippen LogP contribution in [0.5, 0.6) is 0 Å². The van der Waals surface area contributed by atoms with Crippen LogP contribution in [0.2, 0.25) is 0 Å². The maximum Gasteiger partial charge on any atom is 0.327 e. The Kier molecular flexibility index (Phi) is 4.63. The summed E-state index contributed by atoms with van der Waals surface area (Å²) in [6.45, 7) is 5.65. The summed E-state index contributed by atoms with van der Waals surface area (Å²) in [7, 11) is 1.34. The second-order valence-electron chi connectivity index (χ2n) is 4.28. The molecule has 0 aliphatic heterocycles. The molecular weight excluding hydrogens is 221 g/mol. The van der Waals surface area contributed by atoms with Crippen molar-refractivity contribution in [2.75, 3.05) is 7.11 Å². The van der Waals surface area contributed by atoms with Gasteiger partial charge in [-0.1, -0.05) is 6.07 Å². The third-order valence-corrected chi connectivity index (χ3v) is 2.48. The van der Waals surface area contributed by atoms with Crippen molar-refractivity contribution in [3.05, 3.63) is 35.1 Å². The van der Waals surface area contributed by atoms with Gasteiger partial charge in [0.2, 0.25) is 0 Å². The third kappa shape index (κ3) is 3.53. The Bertz CT molecular complexity index is 404. The van der Waals surface area contributed by atoms with Gasteiger partial charge in [-0.25, -0.2) is 9.18 Å². The van der Waals surface area contributed by atoms with E-state index in [1.54, 1.807) is 13.0 Å². The molecule has 1 aromatic carbocycles. The van der Waals surface area contributed by atoms with Crippen molar-refractivity contribution >= 4 is 5.97 Å². The van der Waals surface area contributed by atoms with Gasteiger partial charge in [-0.3, -0.25) is 5.32 Å². The van der Waals surface area contributed by atoms with Crippen molar-refractivity contribution < 1.29 is 13.9 Å². The lowest BCUT2D eigenvalue weighted by atomic mass is 10.0. The Morgan fingerprint density at radius 3 is 2.53 bits per heavy atom. The molecule has 1 aromatic rings. The summed E-state index contributed by atoms with van der Waals surface area (Å²) in [6.07, 6.45) is 0. The first-order valence-electron chi connectivity index (χ1n) is 5.55. The van der Waals surface area contributed by atoms with Gasteiger partial charge in [0.15, 0.2) is 0 Å². The van der Waals surface area contributed by atoms with E-state index >= 15 is 0 Å². The lowest BCUT2D eigenvalue weighted by molar-refractivity contribution is -0.143. The SMILES string of the molecule is COC(=O)C(NC(C)C)c1ccc(F)cc1C. The molecule has 0 fully saturated rings. The zero-order valence-electron chi connectivity index (χ0n) is 10.6. The molecule has 17 heavy (non-hydrogen) atoms. The van der Waals surface area contributed by atoms with E-state index in [0.717, 1.165) is 11.1 Å². The van der Waals surface area contributed by atoms with Crippen molar-refractivity contribution in [2.45, 2.75) is 32.9 Å². The number of benzene rings is 1. The molecular formula is C13H18FNO2. The minimum atomic E-state index is -0.555. The lowest BCUT2D eigenvalue weighted by Crippen LogP contribution is -2.34. The van der Waals surface area contributed by atoms with E-state index < -0.39 is 6.04 Å². The smallest absolute Gasteiger partial charge is 0.327 e. The van der Waals surface area contributed by atoms with Crippen molar-refractivity contribution in [1.82, 2.24) is 5.32 Å². The molecule has 0 aliphatic rings. The zero-order valence-corrected chi connectivity index (χ0v) is 10.6. The van der Waals surface area contributed by atoms with Crippen molar-refractivity contribution in [3.8, 4) is 0 Å². The maximum absolute atomic E-state index is 13.0. The number of halogens is 1. The molecule has 3 nitrogen and oxygen atoms in total. The van der Waals surface area contributed by atoms with E-state index in [0.29, 0.717) is 0 Å². The van der Waals surface area contributed by atoms with Crippen LogP contribution in [0.25, 0.3) is 0 Å². The van der Waals surface area contributed by atoms with Crippen molar-refractivity contribution in [1.29, 1.82) is 0 Å². The van der Waals surface area contributed by atoms with E-state index in [1.165, 1.54) is 19.2 Å². The second kappa shape index (κ2) is 5.77. The summed E-state index contributed by atoms with van der Waals surface area (Å²) in [6, 6.07) is 3.94. The zero-order chi connectivity index (χ0) is 13.0. The Morgan fingerprint density at radius 1 is 1.41 bits per heavy atom. The van der Waals surface area contributed by atoms with Crippen LogP contribution in [0.1, 0.15) is 31.0 Å². The van der Waals surface area contributed by atoms with Crippen LogP contribution in [0.3, 0.4) is 0 Å². The average molecular weight is 239 g/mol. The summed E-state index contributed by atoms with van der Waals surface area (Å²) < 4.78 is 17.8. The Labute approximate surface area is 101 Å². The Hall–Kier alpha value is -1.42. The van der Waals surface area contributed by atoms with E-state index in [1.807, 2.05) is 13.8 Å². The maximum atomic E-state index is 13.0. The molecule has 0 saturated heterocycles. The van der Waals surface area contributed by atoms with Gasteiger partial charge in [-0.05, 0) is 44.0 Å². The number of rotatable bonds is 4.